The van der Waals surface area contributed by atoms with Gasteiger partial charge < -0.3 is 15.3 Å². The number of carbonyl (C=O) groups excluding carboxylic acids is 3. The largest absolute Gasteiger partial charge is 0.477 e. The normalized spacial score (nSPS) is 19.6. The van der Waals surface area contributed by atoms with Gasteiger partial charge >= 0.3 is 5.97 Å². The van der Waals surface area contributed by atoms with Crippen LogP contribution in [0.2, 0.25) is 0 Å². The summed E-state index contributed by atoms with van der Waals surface area (Å²) >= 11 is 8.05. The molecule has 3 rings (SSSR count). The molecule has 2 aliphatic heterocycles. The quantitative estimate of drug-likeness (QED) is 0.165. The maximum atomic E-state index is 12.6. The van der Waals surface area contributed by atoms with E-state index in [1.165, 1.54) is 28.4 Å². The molecule has 2 aliphatic rings. The molecule has 0 unspecified atom stereocenters. The lowest BCUT2D eigenvalue weighted by Crippen LogP contribution is -2.70. The number of thioether (sulfide) groups is 2. The number of alkyl halides is 1. The summed E-state index contributed by atoms with van der Waals surface area (Å²) in [7, 11) is 3.87. The Labute approximate surface area is 209 Å². The van der Waals surface area contributed by atoms with Gasteiger partial charge in [0.1, 0.15) is 17.1 Å². The van der Waals surface area contributed by atoms with Gasteiger partial charge in [0.2, 0.25) is 11.1 Å². The van der Waals surface area contributed by atoms with Crippen LogP contribution >= 0.6 is 47.5 Å². The fraction of sp³-hybridized carbons (Fsp3) is 0.588. The molecule has 2 atom stereocenters. The van der Waals surface area contributed by atoms with Crippen LogP contribution in [0.25, 0.3) is 0 Å². The van der Waals surface area contributed by atoms with Gasteiger partial charge in [-0.25, -0.2) is 9.48 Å². The van der Waals surface area contributed by atoms with Crippen molar-refractivity contribution in [3.8, 4) is 0 Å². The van der Waals surface area contributed by atoms with Crippen LogP contribution in [-0.4, -0.2) is 108 Å². The summed E-state index contributed by atoms with van der Waals surface area (Å²) in [6.45, 7) is 1.33. The van der Waals surface area contributed by atoms with Gasteiger partial charge in [0.15, 0.2) is 5.78 Å². The first kappa shape index (κ1) is 27.4. The zero-order valence-corrected chi connectivity index (χ0v) is 21.0. The van der Waals surface area contributed by atoms with Crippen molar-refractivity contribution in [3.05, 3.63) is 11.3 Å². The monoisotopic (exact) mass is 539 g/mol. The number of aromatic nitrogens is 4. The lowest BCUT2D eigenvalue weighted by Gasteiger charge is -2.49. The first-order chi connectivity index (χ1) is 15.2. The molecule has 0 saturated carbocycles. The molecule has 1 fully saturated rings. The second-order valence-corrected chi connectivity index (χ2v) is 9.65. The molecule has 12 nitrogen and oxygen atoms in total. The zero-order valence-electron chi connectivity index (χ0n) is 17.8. The molecular weight excluding hydrogens is 517 g/mol. The number of hydrogen-bond acceptors (Lipinski definition) is 10. The van der Waals surface area contributed by atoms with Crippen molar-refractivity contribution in [1.29, 1.82) is 0 Å². The molecule has 16 heteroatoms. The third-order valence-corrected chi connectivity index (χ3v) is 7.39. The van der Waals surface area contributed by atoms with Gasteiger partial charge in [-0.2, -0.15) is 0 Å². The number of nitrogens with one attached hydrogen (secondary N) is 1. The summed E-state index contributed by atoms with van der Waals surface area (Å²) in [5.74, 6) is -2.42. The zero-order chi connectivity index (χ0) is 23.4. The van der Waals surface area contributed by atoms with E-state index >= 15 is 0 Å². The molecule has 0 bridgehead atoms. The molecule has 1 saturated heterocycles. The van der Waals surface area contributed by atoms with E-state index in [-0.39, 0.29) is 24.0 Å². The number of carboxylic acid groups (broad SMARTS) is 1. The van der Waals surface area contributed by atoms with E-state index in [1.807, 2.05) is 19.0 Å². The molecule has 182 valence electrons. The number of hydrogen-bond donors (Lipinski definition) is 2. The van der Waals surface area contributed by atoms with E-state index in [0.717, 1.165) is 6.54 Å². The van der Waals surface area contributed by atoms with Crippen molar-refractivity contribution in [2.24, 2.45) is 0 Å². The number of nitrogens with zero attached hydrogens (tertiary/aromatic N) is 6. The minimum Gasteiger partial charge on any atom is -0.477 e. The van der Waals surface area contributed by atoms with E-state index < -0.39 is 41.4 Å². The van der Waals surface area contributed by atoms with Gasteiger partial charge in [0.25, 0.3) is 5.91 Å². The number of fused-ring (bicyclic) bond motifs is 1. The summed E-state index contributed by atoms with van der Waals surface area (Å²) in [4.78, 5) is 51.0. The van der Waals surface area contributed by atoms with Crippen LogP contribution in [0.1, 0.15) is 6.42 Å². The van der Waals surface area contributed by atoms with Crippen molar-refractivity contribution >= 4 is 71.1 Å². The first-order valence-electron chi connectivity index (χ1n) is 9.53. The van der Waals surface area contributed by atoms with Crippen molar-refractivity contribution in [2.75, 3.05) is 38.0 Å². The Bertz CT molecular complexity index is 958. The summed E-state index contributed by atoms with van der Waals surface area (Å²) in [6, 6.07) is -0.877. The Hall–Kier alpha value is -1.87. The maximum Gasteiger partial charge on any atom is 0.352 e. The minimum atomic E-state index is -1.21. The highest BCUT2D eigenvalue weighted by molar-refractivity contribution is 8.01. The van der Waals surface area contributed by atoms with Crippen LogP contribution in [0.15, 0.2) is 16.4 Å². The van der Waals surface area contributed by atoms with Crippen molar-refractivity contribution < 1.29 is 24.3 Å². The highest BCUT2D eigenvalue weighted by atomic mass is 35.5. The number of rotatable bonds is 11. The number of β-lactam (4-membered cyclic amide) rings is 1. The van der Waals surface area contributed by atoms with Crippen LogP contribution in [0.5, 0.6) is 0 Å². The van der Waals surface area contributed by atoms with Gasteiger partial charge in [-0.3, -0.25) is 19.3 Å². The van der Waals surface area contributed by atoms with Gasteiger partial charge in [-0.15, -0.1) is 40.9 Å². The fourth-order valence-corrected chi connectivity index (χ4v) is 5.61. The lowest BCUT2D eigenvalue weighted by molar-refractivity contribution is -0.150. The van der Waals surface area contributed by atoms with Gasteiger partial charge in [-0.1, -0.05) is 11.8 Å². The Morgan fingerprint density at radius 3 is 2.73 bits per heavy atom. The Balaban J connectivity index is 0.00000385. The molecular formula is C17H23Cl2N7O5S2. The average molecular weight is 540 g/mol. The van der Waals surface area contributed by atoms with E-state index in [9.17, 15) is 24.3 Å². The summed E-state index contributed by atoms with van der Waals surface area (Å²) in [5.41, 5.74) is 0.488. The van der Waals surface area contributed by atoms with Gasteiger partial charge in [0.05, 0.1) is 18.8 Å². The minimum absolute atomic E-state index is 0. The van der Waals surface area contributed by atoms with Gasteiger partial charge in [0, 0.05) is 18.1 Å². The van der Waals surface area contributed by atoms with Crippen molar-refractivity contribution in [2.45, 2.75) is 29.5 Å². The van der Waals surface area contributed by atoms with Crippen LogP contribution in [0.3, 0.4) is 0 Å². The van der Waals surface area contributed by atoms with Crippen LogP contribution in [-0.2, 0) is 25.7 Å². The van der Waals surface area contributed by atoms with E-state index in [0.29, 0.717) is 28.8 Å². The average Bonchev–Trinajstić information content (AvgIpc) is 3.20. The van der Waals surface area contributed by atoms with Crippen molar-refractivity contribution in [3.63, 3.8) is 0 Å². The third kappa shape index (κ3) is 6.38. The molecule has 33 heavy (non-hydrogen) atoms. The summed E-state index contributed by atoms with van der Waals surface area (Å²) in [6.07, 6.45) is -0.420. The number of Topliss-reactive ketones (excluding diaryl/α,β-unsaturated/α-hetero) is 1. The number of aliphatic carboxylic acids is 1. The summed E-state index contributed by atoms with van der Waals surface area (Å²) in [5, 5.41) is 23.9. The number of carboxylic acids is 1. The highest BCUT2D eigenvalue weighted by Gasteiger charge is 2.54. The lowest BCUT2D eigenvalue weighted by atomic mass is 10.0. The smallest absolute Gasteiger partial charge is 0.352 e. The highest BCUT2D eigenvalue weighted by Crippen LogP contribution is 2.41. The second-order valence-electron chi connectivity index (χ2n) is 7.34. The van der Waals surface area contributed by atoms with E-state index in [4.69, 9.17) is 11.6 Å². The fourth-order valence-electron chi connectivity index (χ4n) is 3.13. The number of likely N-dealkylation sites (N-methyl/N-ethyl adjacent to an activating group) is 1. The maximum absolute atomic E-state index is 12.6. The van der Waals surface area contributed by atoms with Crippen LogP contribution < -0.4 is 5.32 Å². The number of ketones is 1. The van der Waals surface area contributed by atoms with E-state index in [2.05, 4.69) is 20.8 Å². The molecule has 1 aromatic rings. The molecule has 2 amide bonds. The topological polar surface area (TPSA) is 151 Å². The van der Waals surface area contributed by atoms with Gasteiger partial charge in [-0.05, 0) is 30.1 Å². The Morgan fingerprint density at radius 1 is 1.36 bits per heavy atom. The van der Waals surface area contributed by atoms with Crippen LogP contribution in [0.4, 0.5) is 0 Å². The first-order valence-corrected chi connectivity index (χ1v) is 12.1. The molecule has 2 N–H and O–H groups in total. The summed E-state index contributed by atoms with van der Waals surface area (Å²) < 4.78 is 1.65. The molecule has 1 aromatic heterocycles. The number of halogens is 2. The van der Waals surface area contributed by atoms with E-state index in [1.54, 1.807) is 4.68 Å². The number of tetrazole rings is 1. The Kier molecular flexibility index (Phi) is 9.97. The molecule has 0 radical (unpaired) electrons. The SMILES string of the molecule is CN(C)CCn1nnnc1SCC1=C(C(=O)O)N2C(=O)[C@@H](NC(=O)CC(=O)CCl)[C@@H]2SC1.Cl. The molecule has 0 aromatic carbocycles. The third-order valence-electron chi connectivity index (χ3n) is 4.71. The number of carbonyl (C=O) groups is 4. The van der Waals surface area contributed by atoms with Crippen molar-refractivity contribution in [1.82, 2.24) is 35.3 Å². The predicted octanol–water partition coefficient (Wildman–Crippen LogP) is -0.315. The predicted molar refractivity (Wildman–Crippen MR) is 124 cm³/mol. The molecule has 0 spiro atoms. The molecule has 3 heterocycles. The second kappa shape index (κ2) is 12.0. The Morgan fingerprint density at radius 2 is 2.09 bits per heavy atom. The number of amides is 2. The molecule has 0 aliphatic carbocycles. The van der Waals surface area contributed by atoms with Crippen LogP contribution in [0, 0.1) is 0 Å². The standard InChI is InChI=1S/C17H22ClN7O5S2.ClH/c1-23(2)3-4-24-17(20-21-22-24)32-8-9-7-31-15-12(19-11(27)5-10(26)6-18)14(28)25(15)13(9)16(29)30;/h12,15H,3-8H2,1-2H3,(H,19,27)(H,29,30);1H/t12-,15+;/m1./s1.